The van der Waals surface area contributed by atoms with Crippen molar-refractivity contribution in [3.63, 3.8) is 0 Å². The maximum absolute atomic E-state index is 13.7. The topological polar surface area (TPSA) is 71.0 Å². The molecule has 31 heavy (non-hydrogen) atoms. The predicted octanol–water partition coefficient (Wildman–Crippen LogP) is 5.28. The third-order valence-corrected chi connectivity index (χ3v) is 5.38. The number of rotatable bonds is 6. The van der Waals surface area contributed by atoms with Gasteiger partial charge in [-0.05, 0) is 56.0 Å². The van der Waals surface area contributed by atoms with Gasteiger partial charge in [0.1, 0.15) is 11.6 Å². The third kappa shape index (κ3) is 5.05. The van der Waals surface area contributed by atoms with Gasteiger partial charge in [0.2, 0.25) is 5.91 Å². The number of aromatic nitrogens is 3. The molecule has 1 fully saturated rings. The van der Waals surface area contributed by atoms with E-state index in [0.29, 0.717) is 29.4 Å². The van der Waals surface area contributed by atoms with E-state index in [9.17, 15) is 9.18 Å². The predicted molar refractivity (Wildman–Crippen MR) is 118 cm³/mol. The van der Waals surface area contributed by atoms with Gasteiger partial charge in [-0.1, -0.05) is 13.0 Å². The van der Waals surface area contributed by atoms with Crippen LogP contribution in [0.15, 0.2) is 54.9 Å². The van der Waals surface area contributed by atoms with E-state index < -0.39 is 0 Å². The molecule has 3 heterocycles. The van der Waals surface area contributed by atoms with Crippen molar-refractivity contribution in [2.75, 3.05) is 11.9 Å². The first-order valence-corrected chi connectivity index (χ1v) is 10.8. The lowest BCUT2D eigenvalue weighted by molar-refractivity contribution is -0.135. The number of carbonyl (C=O) groups is 1. The van der Waals surface area contributed by atoms with Crippen LogP contribution in [0.25, 0.3) is 11.3 Å². The van der Waals surface area contributed by atoms with E-state index in [2.05, 4.69) is 10.3 Å². The molecule has 3 aromatic rings. The molecule has 0 spiro atoms. The van der Waals surface area contributed by atoms with Gasteiger partial charge in [-0.3, -0.25) is 9.78 Å². The van der Waals surface area contributed by atoms with E-state index in [1.54, 1.807) is 24.5 Å². The number of nitrogens with zero attached hydrogens (tertiary/aromatic N) is 4. The summed E-state index contributed by atoms with van der Waals surface area (Å²) in [6.45, 7) is 2.73. The monoisotopic (exact) mass is 419 g/mol. The highest BCUT2D eigenvalue weighted by Gasteiger charge is 2.30. The number of carbonyl (C=O) groups excluding carboxylic acids is 1. The van der Waals surface area contributed by atoms with Crippen LogP contribution in [0.5, 0.6) is 0 Å². The molecule has 0 bridgehead atoms. The maximum atomic E-state index is 13.7. The Morgan fingerprint density at radius 2 is 2.10 bits per heavy atom. The van der Waals surface area contributed by atoms with Crippen LogP contribution in [0.2, 0.25) is 0 Å². The molecule has 4 rings (SSSR count). The van der Waals surface area contributed by atoms with Gasteiger partial charge in [0, 0.05) is 42.7 Å². The number of halogens is 1. The minimum atomic E-state index is -0.324. The van der Waals surface area contributed by atoms with Crippen molar-refractivity contribution in [2.24, 2.45) is 0 Å². The first-order chi connectivity index (χ1) is 15.1. The van der Waals surface area contributed by atoms with Gasteiger partial charge in [-0.25, -0.2) is 14.4 Å². The highest BCUT2D eigenvalue weighted by atomic mass is 19.1. The normalized spacial score (nSPS) is 16.2. The highest BCUT2D eigenvalue weighted by Crippen LogP contribution is 2.32. The summed E-state index contributed by atoms with van der Waals surface area (Å²) in [7, 11) is 0. The number of hydrogen-bond donors (Lipinski definition) is 1. The van der Waals surface area contributed by atoms with Crippen LogP contribution in [0.4, 0.5) is 15.9 Å². The molecule has 1 aliphatic rings. The second-order valence-electron chi connectivity index (χ2n) is 7.72. The van der Waals surface area contributed by atoms with Crippen LogP contribution in [-0.4, -0.2) is 32.3 Å². The lowest BCUT2D eigenvalue weighted by atomic mass is 10.00. The van der Waals surface area contributed by atoms with Gasteiger partial charge in [-0.2, -0.15) is 0 Å². The summed E-state index contributed by atoms with van der Waals surface area (Å²) < 4.78 is 13.7. The average Bonchev–Trinajstić information content (AvgIpc) is 2.80. The van der Waals surface area contributed by atoms with E-state index >= 15 is 0 Å². The molecule has 2 aromatic heterocycles. The van der Waals surface area contributed by atoms with Crippen LogP contribution in [-0.2, 0) is 4.79 Å². The number of hydrogen-bond acceptors (Lipinski definition) is 5. The molecule has 1 aromatic carbocycles. The van der Waals surface area contributed by atoms with Crippen molar-refractivity contribution in [1.82, 2.24) is 19.9 Å². The molecule has 0 saturated carbocycles. The molecule has 1 saturated heterocycles. The van der Waals surface area contributed by atoms with Crippen molar-refractivity contribution in [3.05, 3.63) is 66.5 Å². The second kappa shape index (κ2) is 9.64. The third-order valence-electron chi connectivity index (χ3n) is 5.38. The molecule has 0 radical (unpaired) electrons. The summed E-state index contributed by atoms with van der Waals surface area (Å²) in [5, 5.41) is 3.19. The van der Waals surface area contributed by atoms with Crippen molar-refractivity contribution in [1.29, 1.82) is 0 Å². The Morgan fingerprint density at radius 1 is 1.19 bits per heavy atom. The molecule has 0 unspecified atom stereocenters. The molecule has 1 aliphatic heterocycles. The standard InChI is InChI=1S/C24H26FN5O/c1-2-7-23(31)30-13-4-3-11-21(30)24-28-20(17-8-6-12-26-16-17)15-22(29-24)27-19-10-5-9-18(25)14-19/h5-6,8-10,12,14-16,21H,2-4,7,11,13H2,1H3,(H,27,28,29)/t21-/m0/s1. The Labute approximate surface area is 181 Å². The Hall–Kier alpha value is -3.35. The number of nitrogens with one attached hydrogen (secondary N) is 1. The molecule has 1 amide bonds. The Morgan fingerprint density at radius 3 is 2.87 bits per heavy atom. The van der Waals surface area contributed by atoms with Crippen molar-refractivity contribution >= 4 is 17.4 Å². The molecule has 1 N–H and O–H groups in total. The fourth-order valence-electron chi connectivity index (χ4n) is 3.91. The first-order valence-electron chi connectivity index (χ1n) is 10.8. The molecule has 160 valence electrons. The lowest BCUT2D eigenvalue weighted by Gasteiger charge is -2.35. The molecule has 7 heteroatoms. The summed E-state index contributed by atoms with van der Waals surface area (Å²) in [5.74, 6) is 0.977. The highest BCUT2D eigenvalue weighted by molar-refractivity contribution is 5.76. The number of piperidine rings is 1. The number of likely N-dealkylation sites (tertiary alicyclic amines) is 1. The second-order valence-corrected chi connectivity index (χ2v) is 7.72. The van der Waals surface area contributed by atoms with Crippen molar-refractivity contribution < 1.29 is 9.18 Å². The zero-order valence-corrected chi connectivity index (χ0v) is 17.6. The Kier molecular flexibility index (Phi) is 6.50. The first kappa shape index (κ1) is 20.9. The van der Waals surface area contributed by atoms with Crippen LogP contribution in [0, 0.1) is 5.82 Å². The Bertz CT molecular complexity index is 1040. The van der Waals surface area contributed by atoms with Crippen LogP contribution >= 0.6 is 0 Å². The molecular formula is C24H26FN5O. The fourth-order valence-corrected chi connectivity index (χ4v) is 3.91. The zero-order chi connectivity index (χ0) is 21.6. The van der Waals surface area contributed by atoms with E-state index in [1.165, 1.54) is 12.1 Å². The number of pyridine rings is 1. The minimum Gasteiger partial charge on any atom is -0.340 e. The molecule has 1 atom stereocenters. The zero-order valence-electron chi connectivity index (χ0n) is 17.6. The lowest BCUT2D eigenvalue weighted by Crippen LogP contribution is -2.39. The van der Waals surface area contributed by atoms with Crippen LogP contribution < -0.4 is 5.32 Å². The number of benzene rings is 1. The van der Waals surface area contributed by atoms with E-state index in [0.717, 1.165) is 37.8 Å². The van der Waals surface area contributed by atoms with Gasteiger partial charge in [-0.15, -0.1) is 0 Å². The minimum absolute atomic E-state index is 0.141. The van der Waals surface area contributed by atoms with Gasteiger partial charge in [0.15, 0.2) is 5.82 Å². The van der Waals surface area contributed by atoms with E-state index in [1.807, 2.05) is 30.0 Å². The van der Waals surface area contributed by atoms with Gasteiger partial charge in [0.05, 0.1) is 11.7 Å². The van der Waals surface area contributed by atoms with Gasteiger partial charge in [0.25, 0.3) is 0 Å². The van der Waals surface area contributed by atoms with E-state index in [-0.39, 0.29) is 17.8 Å². The van der Waals surface area contributed by atoms with Crippen molar-refractivity contribution in [3.8, 4) is 11.3 Å². The summed E-state index contributed by atoms with van der Waals surface area (Å²) >= 11 is 0. The summed E-state index contributed by atoms with van der Waals surface area (Å²) in [4.78, 5) is 28.4. The maximum Gasteiger partial charge on any atom is 0.223 e. The van der Waals surface area contributed by atoms with Crippen LogP contribution in [0.1, 0.15) is 50.9 Å². The van der Waals surface area contributed by atoms with Gasteiger partial charge < -0.3 is 10.2 Å². The average molecular weight is 420 g/mol. The van der Waals surface area contributed by atoms with Gasteiger partial charge >= 0.3 is 0 Å². The quantitative estimate of drug-likeness (QED) is 0.589. The molecule has 0 aliphatic carbocycles. The van der Waals surface area contributed by atoms with Crippen LogP contribution in [0.3, 0.4) is 0 Å². The van der Waals surface area contributed by atoms with Crippen molar-refractivity contribution in [2.45, 2.75) is 45.1 Å². The molecule has 6 nitrogen and oxygen atoms in total. The Balaban J connectivity index is 1.74. The number of amides is 1. The fraction of sp³-hybridized carbons (Fsp3) is 0.333. The van der Waals surface area contributed by atoms with E-state index in [4.69, 9.17) is 9.97 Å². The summed E-state index contributed by atoms with van der Waals surface area (Å²) in [6.07, 6.45) is 7.63. The summed E-state index contributed by atoms with van der Waals surface area (Å²) in [6, 6.07) is 11.7. The molecular weight excluding hydrogens is 393 g/mol. The summed E-state index contributed by atoms with van der Waals surface area (Å²) in [5.41, 5.74) is 2.17. The number of anilines is 2. The SMILES string of the molecule is CCCC(=O)N1CCCC[C@H]1c1nc(Nc2cccc(F)c2)cc(-c2cccnc2)n1. The largest absolute Gasteiger partial charge is 0.340 e. The smallest absolute Gasteiger partial charge is 0.223 e.